The predicted molar refractivity (Wildman–Crippen MR) is 74.3 cm³/mol. The maximum absolute atomic E-state index is 12.8. The van der Waals surface area contributed by atoms with Crippen molar-refractivity contribution >= 4 is 23.1 Å². The molecule has 2 rings (SSSR count). The lowest BCUT2D eigenvalue weighted by molar-refractivity contribution is 0.0903. The lowest BCUT2D eigenvalue weighted by atomic mass is 9.81. The van der Waals surface area contributed by atoms with E-state index in [-0.39, 0.29) is 11.6 Å². The fourth-order valence-corrected chi connectivity index (χ4v) is 2.63. The van der Waals surface area contributed by atoms with Gasteiger partial charge in [0, 0.05) is 0 Å². The Labute approximate surface area is 116 Å². The number of hydrogen-bond donors (Lipinski definition) is 2. The molecule has 1 heterocycles. The fraction of sp³-hybridized carbons (Fsp3) is 0.462. The zero-order valence-corrected chi connectivity index (χ0v) is 11.3. The minimum atomic E-state index is -0.624. The third-order valence-corrected chi connectivity index (χ3v) is 3.88. The third-order valence-electron chi connectivity index (χ3n) is 3.49. The van der Waals surface area contributed by atoms with E-state index in [1.54, 1.807) is 0 Å². The van der Waals surface area contributed by atoms with E-state index >= 15 is 0 Å². The molecule has 1 amide bonds. The number of pyridine rings is 1. The molecule has 0 atom stereocenters. The molecule has 102 valence electrons. The number of nitrogens with two attached hydrogens (primary N) is 1. The van der Waals surface area contributed by atoms with E-state index in [1.807, 2.05) is 0 Å². The van der Waals surface area contributed by atoms with Crippen molar-refractivity contribution in [2.75, 3.05) is 0 Å². The first-order valence-electron chi connectivity index (χ1n) is 6.27. The Hall–Kier alpha value is -1.56. The van der Waals surface area contributed by atoms with Gasteiger partial charge in [-0.05, 0) is 25.0 Å². The first kappa shape index (κ1) is 13.9. The molecule has 6 heteroatoms. The number of rotatable bonds is 3. The minimum Gasteiger partial charge on any atom is -0.391 e. The van der Waals surface area contributed by atoms with Crippen molar-refractivity contribution in [2.45, 2.75) is 37.6 Å². The number of aromatic nitrogens is 1. The van der Waals surface area contributed by atoms with E-state index in [1.165, 1.54) is 12.1 Å². The van der Waals surface area contributed by atoms with Gasteiger partial charge >= 0.3 is 0 Å². The third kappa shape index (κ3) is 3.07. The van der Waals surface area contributed by atoms with Crippen molar-refractivity contribution in [1.82, 2.24) is 10.3 Å². The highest BCUT2D eigenvalue weighted by molar-refractivity contribution is 7.80. The summed E-state index contributed by atoms with van der Waals surface area (Å²) in [5.74, 6) is -0.840. The topological polar surface area (TPSA) is 68.0 Å². The highest BCUT2D eigenvalue weighted by Crippen LogP contribution is 2.28. The summed E-state index contributed by atoms with van der Waals surface area (Å²) in [5.41, 5.74) is 5.33. The Morgan fingerprint density at radius 3 is 2.58 bits per heavy atom. The van der Waals surface area contributed by atoms with Crippen molar-refractivity contribution in [3.8, 4) is 0 Å². The summed E-state index contributed by atoms with van der Waals surface area (Å²) in [7, 11) is 0. The fourth-order valence-electron chi connectivity index (χ4n) is 2.38. The van der Waals surface area contributed by atoms with Gasteiger partial charge in [-0.1, -0.05) is 31.5 Å². The van der Waals surface area contributed by atoms with Crippen LogP contribution in [0.2, 0.25) is 0 Å². The van der Waals surface area contributed by atoms with Crippen molar-refractivity contribution in [3.63, 3.8) is 0 Å². The van der Waals surface area contributed by atoms with Gasteiger partial charge in [-0.2, -0.15) is 0 Å². The zero-order valence-electron chi connectivity index (χ0n) is 10.5. The standard InChI is InChI=1S/C13H16FN3OS/c14-9-4-5-10(16-8-9)11(18)17-13(12(15)19)6-2-1-3-7-13/h4-5,8H,1-3,6-7H2,(H2,15,19)(H,17,18). The molecule has 4 nitrogen and oxygen atoms in total. The Balaban J connectivity index is 2.15. The van der Waals surface area contributed by atoms with Crippen LogP contribution in [0.1, 0.15) is 42.6 Å². The van der Waals surface area contributed by atoms with Crippen molar-refractivity contribution < 1.29 is 9.18 Å². The Morgan fingerprint density at radius 1 is 1.37 bits per heavy atom. The summed E-state index contributed by atoms with van der Waals surface area (Å²) in [6, 6.07) is 2.55. The molecule has 0 unspecified atom stereocenters. The van der Waals surface area contributed by atoms with Crippen LogP contribution in [0, 0.1) is 5.82 Å². The van der Waals surface area contributed by atoms with Gasteiger partial charge in [0.05, 0.1) is 16.7 Å². The first-order chi connectivity index (χ1) is 9.03. The molecule has 0 radical (unpaired) electrons. The van der Waals surface area contributed by atoms with Crippen LogP contribution >= 0.6 is 12.2 Å². The number of thiocarbonyl (C=S) groups is 1. The summed E-state index contributed by atoms with van der Waals surface area (Å²) in [6.45, 7) is 0. The van der Waals surface area contributed by atoms with E-state index in [4.69, 9.17) is 18.0 Å². The van der Waals surface area contributed by atoms with Crippen molar-refractivity contribution in [3.05, 3.63) is 29.8 Å². The van der Waals surface area contributed by atoms with Crippen LogP contribution in [0.3, 0.4) is 0 Å². The van der Waals surface area contributed by atoms with Crippen LogP contribution in [0.5, 0.6) is 0 Å². The molecule has 1 saturated carbocycles. The van der Waals surface area contributed by atoms with Crippen LogP contribution in [0.25, 0.3) is 0 Å². The summed E-state index contributed by atoms with van der Waals surface area (Å²) >= 11 is 5.10. The normalized spacial score (nSPS) is 17.7. The molecule has 1 aromatic heterocycles. The quantitative estimate of drug-likeness (QED) is 0.831. The van der Waals surface area contributed by atoms with E-state index in [0.717, 1.165) is 38.3 Å². The Bertz CT molecular complexity index is 483. The molecule has 0 aliphatic heterocycles. The summed E-state index contributed by atoms with van der Waals surface area (Å²) in [4.78, 5) is 16.2. The number of halogens is 1. The average molecular weight is 281 g/mol. The number of nitrogens with one attached hydrogen (secondary N) is 1. The molecule has 0 aromatic carbocycles. The van der Waals surface area contributed by atoms with Crippen LogP contribution in [-0.4, -0.2) is 21.4 Å². The molecule has 1 aliphatic carbocycles. The van der Waals surface area contributed by atoms with Crippen molar-refractivity contribution in [1.29, 1.82) is 0 Å². The summed E-state index contributed by atoms with van der Waals surface area (Å²) in [5, 5.41) is 2.88. The van der Waals surface area contributed by atoms with Crippen LogP contribution in [-0.2, 0) is 0 Å². The van der Waals surface area contributed by atoms with Crippen LogP contribution < -0.4 is 11.1 Å². The van der Waals surface area contributed by atoms with E-state index in [2.05, 4.69) is 10.3 Å². The molecule has 1 aromatic rings. The monoisotopic (exact) mass is 281 g/mol. The molecular formula is C13H16FN3OS. The number of nitrogens with zero attached hydrogens (tertiary/aromatic N) is 1. The number of carbonyl (C=O) groups is 1. The molecule has 3 N–H and O–H groups in total. The maximum atomic E-state index is 12.8. The van der Waals surface area contributed by atoms with E-state index < -0.39 is 11.4 Å². The molecule has 0 bridgehead atoms. The summed E-state index contributed by atoms with van der Waals surface area (Å²) < 4.78 is 12.8. The van der Waals surface area contributed by atoms with Gasteiger partial charge in [0.2, 0.25) is 0 Å². The SMILES string of the molecule is NC(=S)C1(NC(=O)c2ccc(F)cn2)CCCCC1. The van der Waals surface area contributed by atoms with E-state index in [0.29, 0.717) is 4.99 Å². The van der Waals surface area contributed by atoms with Gasteiger partial charge in [0.15, 0.2) is 0 Å². The van der Waals surface area contributed by atoms with Gasteiger partial charge in [0.1, 0.15) is 11.5 Å². The Morgan fingerprint density at radius 2 is 2.05 bits per heavy atom. The summed E-state index contributed by atoms with van der Waals surface area (Å²) in [6.07, 6.45) is 5.59. The predicted octanol–water partition coefficient (Wildman–Crippen LogP) is 1.94. The minimum absolute atomic E-state index is 0.169. The molecular weight excluding hydrogens is 265 g/mol. The lowest BCUT2D eigenvalue weighted by Gasteiger charge is -2.37. The largest absolute Gasteiger partial charge is 0.391 e. The zero-order chi connectivity index (χ0) is 13.9. The van der Waals surface area contributed by atoms with Crippen LogP contribution in [0.15, 0.2) is 18.3 Å². The van der Waals surface area contributed by atoms with E-state index in [9.17, 15) is 9.18 Å². The second kappa shape index (κ2) is 5.61. The highest BCUT2D eigenvalue weighted by Gasteiger charge is 2.36. The van der Waals surface area contributed by atoms with Crippen LogP contribution in [0.4, 0.5) is 4.39 Å². The van der Waals surface area contributed by atoms with Crippen molar-refractivity contribution in [2.24, 2.45) is 5.73 Å². The average Bonchev–Trinajstić information content (AvgIpc) is 2.40. The Kier molecular flexibility index (Phi) is 4.09. The van der Waals surface area contributed by atoms with Gasteiger partial charge in [0.25, 0.3) is 5.91 Å². The lowest BCUT2D eigenvalue weighted by Crippen LogP contribution is -2.57. The number of hydrogen-bond acceptors (Lipinski definition) is 3. The van der Waals surface area contributed by atoms with Gasteiger partial charge in [-0.15, -0.1) is 0 Å². The van der Waals surface area contributed by atoms with Gasteiger partial charge in [-0.3, -0.25) is 4.79 Å². The highest BCUT2D eigenvalue weighted by atomic mass is 32.1. The molecule has 0 saturated heterocycles. The van der Waals surface area contributed by atoms with Gasteiger partial charge < -0.3 is 11.1 Å². The number of amides is 1. The molecule has 19 heavy (non-hydrogen) atoms. The first-order valence-corrected chi connectivity index (χ1v) is 6.68. The second-order valence-corrected chi connectivity index (χ2v) is 5.26. The second-order valence-electron chi connectivity index (χ2n) is 4.82. The number of carbonyl (C=O) groups excluding carboxylic acids is 1. The molecule has 0 spiro atoms. The maximum Gasteiger partial charge on any atom is 0.270 e. The molecule has 1 fully saturated rings. The van der Waals surface area contributed by atoms with Gasteiger partial charge in [-0.25, -0.2) is 9.37 Å². The smallest absolute Gasteiger partial charge is 0.270 e. The molecule has 1 aliphatic rings.